The lowest BCUT2D eigenvalue weighted by molar-refractivity contribution is 0.0519. The molecule has 0 bridgehead atoms. The molecule has 1 aromatic rings. The molecule has 0 unspecified atom stereocenters. The predicted octanol–water partition coefficient (Wildman–Crippen LogP) is 2.07. The molecule has 1 aromatic heterocycles. The van der Waals surface area contributed by atoms with E-state index in [1.807, 2.05) is 0 Å². The maximum atomic E-state index is 11.5. The molecule has 0 spiro atoms. The average molecular weight is 262 g/mol. The van der Waals surface area contributed by atoms with Gasteiger partial charge >= 0.3 is 5.97 Å². The maximum Gasteiger partial charge on any atom is 0.356 e. The zero-order chi connectivity index (χ0) is 13.8. The van der Waals surface area contributed by atoms with E-state index in [1.54, 1.807) is 19.1 Å². The van der Waals surface area contributed by atoms with Crippen molar-refractivity contribution < 1.29 is 9.53 Å². The third-order valence-corrected chi connectivity index (χ3v) is 2.84. The molecule has 2 N–H and O–H groups in total. The fourth-order valence-electron chi connectivity index (χ4n) is 1.14. The van der Waals surface area contributed by atoms with E-state index in [1.165, 1.54) is 0 Å². The minimum absolute atomic E-state index is 0.242. The molecule has 0 aromatic carbocycles. The Morgan fingerprint density at radius 1 is 1.44 bits per heavy atom. The van der Waals surface area contributed by atoms with Gasteiger partial charge in [-0.3, -0.25) is 0 Å². The van der Waals surface area contributed by atoms with Gasteiger partial charge in [0.25, 0.3) is 0 Å². The lowest BCUT2D eigenvalue weighted by Gasteiger charge is -2.05. The number of nitrogens with two attached hydrogens (primary N) is 1. The molecule has 0 aliphatic carbocycles. The van der Waals surface area contributed by atoms with Crippen LogP contribution in [0, 0.1) is 11.5 Å². The van der Waals surface area contributed by atoms with Crippen LogP contribution in [0.3, 0.4) is 0 Å². The number of carbonyl (C=O) groups is 1. The molecule has 5 heteroatoms. The summed E-state index contributed by atoms with van der Waals surface area (Å²) < 4.78 is 4.89. The Kier molecular flexibility index (Phi) is 4.51. The van der Waals surface area contributed by atoms with E-state index in [4.69, 9.17) is 10.5 Å². The quantitative estimate of drug-likeness (QED) is 0.503. The van der Waals surface area contributed by atoms with Crippen molar-refractivity contribution >= 4 is 19.7 Å². The first kappa shape index (κ1) is 14.3. The van der Waals surface area contributed by atoms with Crippen LogP contribution in [0.15, 0.2) is 12.1 Å². The van der Waals surface area contributed by atoms with E-state index in [2.05, 4.69) is 36.1 Å². The summed E-state index contributed by atoms with van der Waals surface area (Å²) in [6.07, 6.45) is 0. The van der Waals surface area contributed by atoms with Gasteiger partial charge in [0.2, 0.25) is 0 Å². The van der Waals surface area contributed by atoms with E-state index in [0.717, 1.165) is 0 Å². The van der Waals surface area contributed by atoms with Crippen LogP contribution in [-0.2, 0) is 4.74 Å². The van der Waals surface area contributed by atoms with Crippen LogP contribution in [0.2, 0.25) is 19.6 Å². The fraction of sp³-hybridized carbons (Fsp3) is 0.385. The molecule has 4 nitrogen and oxygen atoms in total. The van der Waals surface area contributed by atoms with Gasteiger partial charge in [-0.2, -0.15) is 0 Å². The average Bonchev–Trinajstić information content (AvgIpc) is 2.27. The van der Waals surface area contributed by atoms with Gasteiger partial charge in [-0.1, -0.05) is 25.6 Å². The summed E-state index contributed by atoms with van der Waals surface area (Å²) in [6.45, 7) is 8.46. The highest BCUT2D eigenvalue weighted by Gasteiger charge is 2.11. The van der Waals surface area contributed by atoms with Crippen molar-refractivity contribution in [3.05, 3.63) is 23.5 Å². The van der Waals surface area contributed by atoms with Crippen LogP contribution in [-0.4, -0.2) is 25.6 Å². The molecular weight excluding hydrogens is 244 g/mol. The van der Waals surface area contributed by atoms with Gasteiger partial charge in [0.15, 0.2) is 0 Å². The lowest BCUT2D eigenvalue weighted by Crippen LogP contribution is -2.16. The van der Waals surface area contributed by atoms with Crippen LogP contribution in [0.1, 0.15) is 23.1 Å². The van der Waals surface area contributed by atoms with Crippen LogP contribution in [0.25, 0.3) is 0 Å². The second-order valence-electron chi connectivity index (χ2n) is 4.85. The molecule has 0 aliphatic rings. The number of pyridine rings is 1. The molecule has 96 valence electrons. The van der Waals surface area contributed by atoms with Crippen molar-refractivity contribution in [3.8, 4) is 11.5 Å². The Morgan fingerprint density at radius 2 is 2.11 bits per heavy atom. The van der Waals surface area contributed by atoms with Gasteiger partial charge < -0.3 is 10.5 Å². The smallest absolute Gasteiger partial charge is 0.356 e. The molecule has 0 saturated carbocycles. The summed E-state index contributed by atoms with van der Waals surface area (Å²) in [5.41, 5.74) is 10.1. The Labute approximate surface area is 109 Å². The molecule has 0 saturated heterocycles. The summed E-state index contributed by atoms with van der Waals surface area (Å²) in [5.74, 6) is 2.51. The summed E-state index contributed by atoms with van der Waals surface area (Å²) in [5, 5.41) is 0. The minimum atomic E-state index is -1.50. The maximum absolute atomic E-state index is 11.5. The van der Waals surface area contributed by atoms with Gasteiger partial charge in [0, 0.05) is 0 Å². The van der Waals surface area contributed by atoms with Crippen LogP contribution >= 0.6 is 0 Å². The monoisotopic (exact) mass is 262 g/mol. The van der Waals surface area contributed by atoms with Gasteiger partial charge in [0.1, 0.15) is 19.5 Å². The molecule has 1 rings (SSSR count). The normalized spacial score (nSPS) is 10.4. The lowest BCUT2D eigenvalue weighted by atomic mass is 10.2. The van der Waals surface area contributed by atoms with Crippen LogP contribution < -0.4 is 5.73 Å². The molecule has 0 amide bonds. The van der Waals surface area contributed by atoms with Crippen molar-refractivity contribution in [1.29, 1.82) is 0 Å². The number of nitrogens with zero attached hydrogens (tertiary/aromatic N) is 1. The van der Waals surface area contributed by atoms with Gasteiger partial charge in [-0.05, 0) is 19.1 Å². The van der Waals surface area contributed by atoms with Crippen molar-refractivity contribution in [2.24, 2.45) is 0 Å². The zero-order valence-electron chi connectivity index (χ0n) is 11.2. The third kappa shape index (κ3) is 4.22. The van der Waals surface area contributed by atoms with E-state index >= 15 is 0 Å². The molecule has 0 aliphatic heterocycles. The van der Waals surface area contributed by atoms with Gasteiger partial charge in [0.05, 0.1) is 12.3 Å². The summed E-state index contributed by atoms with van der Waals surface area (Å²) in [6, 6.07) is 3.18. The van der Waals surface area contributed by atoms with Crippen molar-refractivity contribution in [2.45, 2.75) is 26.6 Å². The Balaban J connectivity index is 3.08. The number of carbonyl (C=O) groups excluding carboxylic acids is 1. The highest BCUT2D eigenvalue weighted by molar-refractivity contribution is 6.83. The standard InChI is InChI=1S/C13H18N2O2Si/c1-5-17-13(16)12-7-6-10(14)11(15-12)8-9-18(2,3)4/h6-7H,5,14H2,1-4H3. The number of esters is 1. The first-order valence-corrected chi connectivity index (χ1v) is 9.30. The largest absolute Gasteiger partial charge is 0.461 e. The summed E-state index contributed by atoms with van der Waals surface area (Å²) >= 11 is 0. The second-order valence-corrected chi connectivity index (χ2v) is 9.60. The van der Waals surface area contributed by atoms with Gasteiger partial charge in [-0.25, -0.2) is 9.78 Å². The highest BCUT2D eigenvalue weighted by Crippen LogP contribution is 2.10. The summed E-state index contributed by atoms with van der Waals surface area (Å²) in [7, 11) is -1.50. The second kappa shape index (κ2) is 5.69. The Morgan fingerprint density at radius 3 is 2.67 bits per heavy atom. The molecule has 0 atom stereocenters. The first-order valence-electron chi connectivity index (χ1n) is 5.80. The van der Waals surface area contributed by atoms with E-state index < -0.39 is 14.0 Å². The number of nitrogen functional groups attached to an aromatic ring is 1. The van der Waals surface area contributed by atoms with Crippen molar-refractivity contribution in [1.82, 2.24) is 4.98 Å². The molecule has 1 heterocycles. The van der Waals surface area contributed by atoms with E-state index in [-0.39, 0.29) is 5.69 Å². The SMILES string of the molecule is CCOC(=O)c1ccc(N)c(C#C[Si](C)(C)C)n1. The summed E-state index contributed by atoms with van der Waals surface area (Å²) in [4.78, 5) is 15.7. The zero-order valence-corrected chi connectivity index (χ0v) is 12.2. The number of ether oxygens (including phenoxy) is 1. The molecule has 18 heavy (non-hydrogen) atoms. The number of aromatic nitrogens is 1. The number of hydrogen-bond donors (Lipinski definition) is 1. The number of hydrogen-bond acceptors (Lipinski definition) is 4. The first-order chi connectivity index (χ1) is 8.33. The minimum Gasteiger partial charge on any atom is -0.461 e. The van der Waals surface area contributed by atoms with E-state index in [0.29, 0.717) is 18.0 Å². The molecule has 0 radical (unpaired) electrons. The van der Waals surface area contributed by atoms with E-state index in [9.17, 15) is 4.79 Å². The number of rotatable bonds is 2. The number of anilines is 1. The van der Waals surface area contributed by atoms with Crippen LogP contribution in [0.5, 0.6) is 0 Å². The topological polar surface area (TPSA) is 65.2 Å². The van der Waals surface area contributed by atoms with Crippen molar-refractivity contribution in [2.75, 3.05) is 12.3 Å². The van der Waals surface area contributed by atoms with Gasteiger partial charge in [-0.15, -0.1) is 5.54 Å². The fourth-order valence-corrected chi connectivity index (χ4v) is 1.63. The third-order valence-electron chi connectivity index (χ3n) is 1.97. The highest BCUT2D eigenvalue weighted by atomic mass is 28.3. The Hall–Kier alpha value is -1.80. The van der Waals surface area contributed by atoms with Crippen molar-refractivity contribution in [3.63, 3.8) is 0 Å². The Bertz CT molecular complexity index is 510. The predicted molar refractivity (Wildman–Crippen MR) is 74.8 cm³/mol. The van der Waals surface area contributed by atoms with Crippen LogP contribution in [0.4, 0.5) is 5.69 Å². The molecular formula is C13H18N2O2Si. The molecule has 0 fully saturated rings.